The smallest absolute Gasteiger partial charge is 0.248 e. The Bertz CT molecular complexity index is 805. The van der Waals surface area contributed by atoms with Crippen LogP contribution in [0, 0.1) is 13.8 Å². The number of anilines is 1. The van der Waals surface area contributed by atoms with Crippen LogP contribution >= 0.6 is 11.6 Å². The summed E-state index contributed by atoms with van der Waals surface area (Å²) in [4.78, 5) is 12.2. The van der Waals surface area contributed by atoms with Gasteiger partial charge in [-0.25, -0.2) is 0 Å². The molecule has 0 fully saturated rings. The first-order chi connectivity index (χ1) is 12.3. The minimum atomic E-state index is -0.250. The Kier molecular flexibility index (Phi) is 6.70. The second-order valence-corrected chi connectivity index (χ2v) is 6.75. The zero-order chi connectivity index (χ0) is 19.3. The van der Waals surface area contributed by atoms with Gasteiger partial charge in [0, 0.05) is 6.08 Å². The van der Waals surface area contributed by atoms with Crippen LogP contribution in [0.15, 0.2) is 36.4 Å². The Morgan fingerprint density at radius 2 is 1.88 bits per heavy atom. The van der Waals surface area contributed by atoms with Crippen molar-refractivity contribution in [3.63, 3.8) is 0 Å². The molecule has 0 aliphatic carbocycles. The molecule has 0 radical (unpaired) electrons. The molecule has 0 atom stereocenters. The van der Waals surface area contributed by atoms with Crippen LogP contribution in [0.3, 0.4) is 0 Å². The van der Waals surface area contributed by atoms with Gasteiger partial charge in [-0.1, -0.05) is 23.7 Å². The Morgan fingerprint density at radius 3 is 2.50 bits per heavy atom. The van der Waals surface area contributed by atoms with Gasteiger partial charge in [0.05, 0.1) is 23.9 Å². The number of hydrogen-bond donors (Lipinski definition) is 1. The van der Waals surface area contributed by atoms with Crippen LogP contribution in [0.5, 0.6) is 11.5 Å². The fourth-order valence-corrected chi connectivity index (χ4v) is 2.92. The quantitative estimate of drug-likeness (QED) is 0.689. The van der Waals surface area contributed by atoms with Crippen molar-refractivity contribution in [2.45, 2.75) is 33.8 Å². The number of amides is 1. The molecule has 0 bridgehead atoms. The number of benzene rings is 2. The van der Waals surface area contributed by atoms with Crippen molar-refractivity contribution in [2.75, 3.05) is 12.4 Å². The van der Waals surface area contributed by atoms with E-state index in [1.54, 1.807) is 13.2 Å². The van der Waals surface area contributed by atoms with Gasteiger partial charge in [-0.2, -0.15) is 0 Å². The molecule has 0 aliphatic rings. The number of halogens is 1. The van der Waals surface area contributed by atoms with E-state index >= 15 is 0 Å². The van der Waals surface area contributed by atoms with Gasteiger partial charge >= 0.3 is 0 Å². The minimum Gasteiger partial charge on any atom is -0.493 e. The van der Waals surface area contributed by atoms with Gasteiger partial charge in [0.15, 0.2) is 11.5 Å². The van der Waals surface area contributed by atoms with E-state index in [1.807, 2.05) is 58.0 Å². The van der Waals surface area contributed by atoms with Crippen LogP contribution in [-0.4, -0.2) is 19.1 Å². The molecule has 0 aliphatic heterocycles. The van der Waals surface area contributed by atoms with Gasteiger partial charge in [-0.15, -0.1) is 0 Å². The van der Waals surface area contributed by atoms with E-state index in [1.165, 1.54) is 6.08 Å². The SMILES string of the molecule is COc1cc(C=CC(=O)Nc2c(C)cc(C)cc2Cl)ccc1OC(C)C. The highest BCUT2D eigenvalue weighted by Gasteiger charge is 2.09. The number of carbonyl (C=O) groups excluding carboxylic acids is 1. The van der Waals surface area contributed by atoms with Crippen molar-refractivity contribution < 1.29 is 14.3 Å². The van der Waals surface area contributed by atoms with Gasteiger partial charge in [0.25, 0.3) is 0 Å². The molecule has 2 rings (SSSR count). The summed E-state index contributed by atoms with van der Waals surface area (Å²) in [7, 11) is 1.59. The van der Waals surface area contributed by atoms with Crippen molar-refractivity contribution in [2.24, 2.45) is 0 Å². The molecule has 0 saturated carbocycles. The molecular formula is C21H24ClNO3. The summed E-state index contributed by atoms with van der Waals surface area (Å²) in [6.45, 7) is 7.78. The lowest BCUT2D eigenvalue weighted by Gasteiger charge is -2.13. The van der Waals surface area contributed by atoms with Crippen molar-refractivity contribution in [3.8, 4) is 11.5 Å². The molecule has 2 aromatic rings. The molecule has 1 N–H and O–H groups in total. The summed E-state index contributed by atoms with van der Waals surface area (Å²) in [6, 6.07) is 9.33. The van der Waals surface area contributed by atoms with Gasteiger partial charge in [0.2, 0.25) is 5.91 Å². The fourth-order valence-electron chi connectivity index (χ4n) is 2.55. The molecule has 0 spiro atoms. The van der Waals surface area contributed by atoms with E-state index in [4.69, 9.17) is 21.1 Å². The number of aryl methyl sites for hydroxylation is 2. The standard InChI is InChI=1S/C21H24ClNO3/c1-13(2)26-18-8-6-16(12-19(18)25-5)7-9-20(24)23-21-15(4)10-14(3)11-17(21)22/h6-13H,1-5H3,(H,23,24). The fraction of sp³-hybridized carbons (Fsp3) is 0.286. The van der Waals surface area contributed by atoms with Crippen LogP contribution in [0.2, 0.25) is 5.02 Å². The number of rotatable bonds is 6. The first kappa shape index (κ1) is 19.9. The molecule has 5 heteroatoms. The predicted molar refractivity (Wildman–Crippen MR) is 107 cm³/mol. The molecule has 1 amide bonds. The van der Waals surface area contributed by atoms with Crippen LogP contribution in [0.4, 0.5) is 5.69 Å². The summed E-state index contributed by atoms with van der Waals surface area (Å²) in [5.41, 5.74) is 3.44. The van der Waals surface area contributed by atoms with E-state index in [0.29, 0.717) is 22.2 Å². The Balaban J connectivity index is 2.13. The normalized spacial score (nSPS) is 11.0. The van der Waals surface area contributed by atoms with Crippen LogP contribution in [0.25, 0.3) is 6.08 Å². The van der Waals surface area contributed by atoms with Crippen molar-refractivity contribution in [1.82, 2.24) is 0 Å². The zero-order valence-electron chi connectivity index (χ0n) is 15.7. The van der Waals surface area contributed by atoms with E-state index < -0.39 is 0 Å². The van der Waals surface area contributed by atoms with Gasteiger partial charge < -0.3 is 14.8 Å². The third-order valence-corrected chi connectivity index (χ3v) is 3.96. The van der Waals surface area contributed by atoms with E-state index in [9.17, 15) is 4.79 Å². The topological polar surface area (TPSA) is 47.6 Å². The monoisotopic (exact) mass is 373 g/mol. The van der Waals surface area contributed by atoms with Crippen molar-refractivity contribution >= 4 is 29.3 Å². The zero-order valence-corrected chi connectivity index (χ0v) is 16.5. The summed E-state index contributed by atoms with van der Waals surface area (Å²) in [5, 5.41) is 3.36. The van der Waals surface area contributed by atoms with Crippen molar-refractivity contribution in [3.05, 3.63) is 58.1 Å². The number of carbonyl (C=O) groups is 1. The lowest BCUT2D eigenvalue weighted by molar-refractivity contribution is -0.111. The highest BCUT2D eigenvalue weighted by Crippen LogP contribution is 2.30. The summed E-state index contributed by atoms with van der Waals surface area (Å²) < 4.78 is 11.0. The molecule has 0 heterocycles. The average Bonchev–Trinajstić information content (AvgIpc) is 2.56. The molecule has 0 unspecified atom stereocenters. The Hall–Kier alpha value is -2.46. The second-order valence-electron chi connectivity index (χ2n) is 6.34. The highest BCUT2D eigenvalue weighted by molar-refractivity contribution is 6.34. The van der Waals surface area contributed by atoms with Gasteiger partial charge in [-0.3, -0.25) is 4.79 Å². The molecule has 138 valence electrons. The summed E-state index contributed by atoms with van der Waals surface area (Å²) in [5.74, 6) is 1.05. The number of nitrogens with one attached hydrogen (secondary N) is 1. The first-order valence-electron chi connectivity index (χ1n) is 8.40. The predicted octanol–water partition coefficient (Wildman–Crippen LogP) is 5.40. The lowest BCUT2D eigenvalue weighted by Crippen LogP contribution is -2.09. The maximum absolute atomic E-state index is 12.2. The van der Waals surface area contributed by atoms with Crippen LogP contribution in [0.1, 0.15) is 30.5 Å². The van der Waals surface area contributed by atoms with E-state index in [-0.39, 0.29) is 12.0 Å². The first-order valence-corrected chi connectivity index (χ1v) is 8.78. The Labute approximate surface area is 159 Å². The number of ether oxygens (including phenoxy) is 2. The van der Waals surface area contributed by atoms with Crippen LogP contribution < -0.4 is 14.8 Å². The largest absolute Gasteiger partial charge is 0.493 e. The molecule has 4 nitrogen and oxygen atoms in total. The summed E-state index contributed by atoms with van der Waals surface area (Å²) in [6.07, 6.45) is 3.24. The van der Waals surface area contributed by atoms with E-state index in [2.05, 4.69) is 5.32 Å². The van der Waals surface area contributed by atoms with Crippen LogP contribution in [-0.2, 0) is 4.79 Å². The highest BCUT2D eigenvalue weighted by atomic mass is 35.5. The van der Waals surface area contributed by atoms with Gasteiger partial charge in [0.1, 0.15) is 0 Å². The number of hydrogen-bond acceptors (Lipinski definition) is 3. The molecular weight excluding hydrogens is 350 g/mol. The molecule has 0 saturated heterocycles. The van der Waals surface area contributed by atoms with E-state index in [0.717, 1.165) is 16.7 Å². The Morgan fingerprint density at radius 1 is 1.15 bits per heavy atom. The lowest BCUT2D eigenvalue weighted by atomic mass is 10.1. The third-order valence-electron chi connectivity index (χ3n) is 3.66. The third kappa shape index (κ3) is 5.27. The molecule has 2 aromatic carbocycles. The van der Waals surface area contributed by atoms with Gasteiger partial charge in [-0.05, 0) is 68.7 Å². The summed E-state index contributed by atoms with van der Waals surface area (Å²) >= 11 is 6.23. The average molecular weight is 374 g/mol. The molecule has 0 aromatic heterocycles. The number of methoxy groups -OCH3 is 1. The molecule has 26 heavy (non-hydrogen) atoms. The maximum Gasteiger partial charge on any atom is 0.248 e. The van der Waals surface area contributed by atoms with Crippen molar-refractivity contribution in [1.29, 1.82) is 0 Å². The maximum atomic E-state index is 12.2. The minimum absolute atomic E-state index is 0.0542. The second kappa shape index (κ2) is 8.77.